The third-order valence-electron chi connectivity index (χ3n) is 3.46. The summed E-state index contributed by atoms with van der Waals surface area (Å²) < 4.78 is 0. The van der Waals surface area contributed by atoms with Gasteiger partial charge in [0.15, 0.2) is 0 Å². The Labute approximate surface area is 139 Å². The average molecular weight is 332 g/mol. The summed E-state index contributed by atoms with van der Waals surface area (Å²) in [5, 5.41) is 15.8. The predicted molar refractivity (Wildman–Crippen MR) is 90.6 cm³/mol. The summed E-state index contributed by atoms with van der Waals surface area (Å²) in [6.07, 6.45) is 0.389. The van der Waals surface area contributed by atoms with E-state index in [-0.39, 0.29) is 5.92 Å². The van der Waals surface area contributed by atoms with Crippen LogP contribution in [-0.4, -0.2) is 28.0 Å². The lowest BCUT2D eigenvalue weighted by Crippen LogP contribution is -2.41. The van der Waals surface area contributed by atoms with Crippen molar-refractivity contribution in [1.29, 1.82) is 0 Å². The molecule has 2 rings (SSSR count). The number of carboxylic acid groups (broad SMARTS) is 1. The summed E-state index contributed by atoms with van der Waals surface area (Å²) in [7, 11) is 0. The molecule has 0 aliphatic rings. The second-order valence-corrected chi connectivity index (χ2v) is 6.62. The average Bonchev–Trinajstić information content (AvgIpc) is 2.99. The lowest BCUT2D eigenvalue weighted by molar-refractivity contribution is -0.139. The van der Waals surface area contributed by atoms with Crippen LogP contribution in [-0.2, 0) is 4.79 Å². The topological polar surface area (TPSA) is 79.3 Å². The first-order valence-corrected chi connectivity index (χ1v) is 8.36. The number of nitrogens with zero attached hydrogens (tertiary/aromatic N) is 1. The molecule has 0 aliphatic carbocycles. The standard InChI is InChI=1S/C17H20N2O3S/c1-10(2)8-15(17(21)22)19-16(20)13-4-5-14(18-11(13)3)12-6-7-23-9-12/h4-7,9-10,15H,8H2,1-3H3,(H,19,20)(H,21,22)/t15-/m0/s1. The lowest BCUT2D eigenvalue weighted by atomic mass is 10.0. The fraction of sp³-hybridized carbons (Fsp3) is 0.353. The molecule has 2 heterocycles. The van der Waals surface area contributed by atoms with Gasteiger partial charge in [-0.15, -0.1) is 0 Å². The fourth-order valence-corrected chi connectivity index (χ4v) is 2.95. The number of nitrogens with one attached hydrogen (secondary N) is 1. The minimum Gasteiger partial charge on any atom is -0.480 e. The van der Waals surface area contributed by atoms with Gasteiger partial charge in [-0.2, -0.15) is 11.3 Å². The van der Waals surface area contributed by atoms with Gasteiger partial charge in [0.25, 0.3) is 5.91 Å². The molecule has 0 saturated carbocycles. The fourth-order valence-electron chi connectivity index (χ4n) is 2.30. The summed E-state index contributed by atoms with van der Waals surface area (Å²) >= 11 is 1.58. The Kier molecular flexibility index (Phi) is 5.50. The number of aryl methyl sites for hydroxylation is 1. The Morgan fingerprint density at radius 3 is 2.57 bits per heavy atom. The first-order valence-electron chi connectivity index (χ1n) is 7.42. The summed E-state index contributed by atoms with van der Waals surface area (Å²) in [5.74, 6) is -1.25. The van der Waals surface area contributed by atoms with Crippen molar-refractivity contribution in [1.82, 2.24) is 10.3 Å². The van der Waals surface area contributed by atoms with Crippen LogP contribution in [0.25, 0.3) is 11.3 Å². The molecule has 2 aromatic heterocycles. The number of hydrogen-bond donors (Lipinski definition) is 2. The smallest absolute Gasteiger partial charge is 0.326 e. The minimum absolute atomic E-state index is 0.177. The molecule has 2 N–H and O–H groups in total. The molecule has 122 valence electrons. The summed E-state index contributed by atoms with van der Waals surface area (Å²) in [5.41, 5.74) is 2.80. The zero-order valence-corrected chi connectivity index (χ0v) is 14.2. The van der Waals surface area contributed by atoms with E-state index in [1.165, 1.54) is 0 Å². The zero-order chi connectivity index (χ0) is 17.0. The largest absolute Gasteiger partial charge is 0.480 e. The van der Waals surface area contributed by atoms with Gasteiger partial charge in [0.2, 0.25) is 0 Å². The number of aromatic nitrogens is 1. The Morgan fingerprint density at radius 2 is 2.04 bits per heavy atom. The normalized spacial score (nSPS) is 12.2. The number of aliphatic carboxylic acids is 1. The van der Waals surface area contributed by atoms with E-state index in [1.54, 1.807) is 30.4 Å². The van der Waals surface area contributed by atoms with Gasteiger partial charge in [-0.25, -0.2) is 4.79 Å². The highest BCUT2D eigenvalue weighted by Gasteiger charge is 2.22. The highest BCUT2D eigenvalue weighted by atomic mass is 32.1. The second kappa shape index (κ2) is 7.37. The van der Waals surface area contributed by atoms with Crippen molar-refractivity contribution in [3.63, 3.8) is 0 Å². The number of carbonyl (C=O) groups excluding carboxylic acids is 1. The molecule has 0 bridgehead atoms. The van der Waals surface area contributed by atoms with Crippen molar-refractivity contribution < 1.29 is 14.7 Å². The van der Waals surface area contributed by atoms with Crippen LogP contribution in [0, 0.1) is 12.8 Å². The molecule has 2 aromatic rings. The Morgan fingerprint density at radius 1 is 1.30 bits per heavy atom. The maximum absolute atomic E-state index is 12.3. The zero-order valence-electron chi connectivity index (χ0n) is 13.4. The van der Waals surface area contributed by atoms with Crippen molar-refractivity contribution in [3.05, 3.63) is 40.2 Å². The third-order valence-corrected chi connectivity index (χ3v) is 4.14. The van der Waals surface area contributed by atoms with Gasteiger partial charge < -0.3 is 10.4 Å². The molecule has 0 unspecified atom stereocenters. The van der Waals surface area contributed by atoms with Crippen molar-refractivity contribution in [2.24, 2.45) is 5.92 Å². The molecule has 5 nitrogen and oxygen atoms in total. The summed E-state index contributed by atoms with van der Waals surface area (Å²) in [6.45, 7) is 5.60. The van der Waals surface area contributed by atoms with Crippen LogP contribution in [0.2, 0.25) is 0 Å². The molecule has 0 spiro atoms. The number of hydrogen-bond acceptors (Lipinski definition) is 4. The van der Waals surface area contributed by atoms with E-state index in [4.69, 9.17) is 0 Å². The summed E-state index contributed by atoms with van der Waals surface area (Å²) in [6, 6.07) is 4.55. The van der Waals surface area contributed by atoms with Crippen molar-refractivity contribution in [2.45, 2.75) is 33.2 Å². The maximum Gasteiger partial charge on any atom is 0.326 e. The first-order chi connectivity index (χ1) is 10.9. The second-order valence-electron chi connectivity index (χ2n) is 5.84. The molecule has 23 heavy (non-hydrogen) atoms. The highest BCUT2D eigenvalue weighted by Crippen LogP contribution is 2.21. The Bertz CT molecular complexity index is 696. The van der Waals surface area contributed by atoms with Crippen LogP contribution in [0.1, 0.15) is 36.3 Å². The van der Waals surface area contributed by atoms with E-state index in [0.717, 1.165) is 11.3 Å². The lowest BCUT2D eigenvalue weighted by Gasteiger charge is -2.17. The van der Waals surface area contributed by atoms with Gasteiger partial charge >= 0.3 is 5.97 Å². The maximum atomic E-state index is 12.3. The van der Waals surface area contributed by atoms with E-state index in [2.05, 4.69) is 10.3 Å². The van der Waals surface area contributed by atoms with Crippen LogP contribution in [0.4, 0.5) is 0 Å². The van der Waals surface area contributed by atoms with Crippen molar-refractivity contribution in [2.75, 3.05) is 0 Å². The SMILES string of the molecule is Cc1nc(-c2ccsc2)ccc1C(=O)N[C@@H](CC(C)C)C(=O)O. The van der Waals surface area contributed by atoms with Gasteiger partial charge in [0.1, 0.15) is 6.04 Å². The van der Waals surface area contributed by atoms with Gasteiger partial charge in [-0.05, 0) is 42.8 Å². The number of thiophene rings is 1. The molecule has 0 radical (unpaired) electrons. The van der Waals surface area contributed by atoms with E-state index in [0.29, 0.717) is 17.7 Å². The molecular weight excluding hydrogens is 312 g/mol. The molecule has 6 heteroatoms. The van der Waals surface area contributed by atoms with Crippen LogP contribution in [0.5, 0.6) is 0 Å². The molecule has 0 aromatic carbocycles. The molecule has 0 fully saturated rings. The molecule has 1 amide bonds. The predicted octanol–water partition coefficient (Wildman–Crippen LogP) is 3.35. The monoisotopic (exact) mass is 332 g/mol. The number of carbonyl (C=O) groups is 2. The quantitative estimate of drug-likeness (QED) is 0.850. The van der Waals surface area contributed by atoms with Crippen LogP contribution in [0.15, 0.2) is 29.0 Å². The molecule has 1 atom stereocenters. The number of carboxylic acids is 1. The van der Waals surface area contributed by atoms with Crippen LogP contribution < -0.4 is 5.32 Å². The Hall–Kier alpha value is -2.21. The van der Waals surface area contributed by atoms with Gasteiger partial charge in [-0.3, -0.25) is 9.78 Å². The molecular formula is C17H20N2O3S. The molecule has 0 saturated heterocycles. The van der Waals surface area contributed by atoms with E-state index in [9.17, 15) is 14.7 Å². The number of pyridine rings is 1. The van der Waals surface area contributed by atoms with E-state index >= 15 is 0 Å². The minimum atomic E-state index is -1.02. The van der Waals surface area contributed by atoms with Gasteiger partial charge in [0.05, 0.1) is 17.0 Å². The molecule has 0 aliphatic heterocycles. The highest BCUT2D eigenvalue weighted by molar-refractivity contribution is 7.08. The van der Waals surface area contributed by atoms with Crippen molar-refractivity contribution in [3.8, 4) is 11.3 Å². The van der Waals surface area contributed by atoms with Crippen molar-refractivity contribution >= 4 is 23.2 Å². The van der Waals surface area contributed by atoms with E-state index < -0.39 is 17.9 Å². The Balaban J connectivity index is 2.17. The van der Waals surface area contributed by atoms with Crippen LogP contribution in [0.3, 0.4) is 0 Å². The number of rotatable bonds is 6. The van der Waals surface area contributed by atoms with E-state index in [1.807, 2.05) is 30.7 Å². The van der Waals surface area contributed by atoms with Gasteiger partial charge in [-0.1, -0.05) is 13.8 Å². The third kappa shape index (κ3) is 4.39. The first kappa shape index (κ1) is 17.1. The van der Waals surface area contributed by atoms with Gasteiger partial charge in [0, 0.05) is 10.9 Å². The summed E-state index contributed by atoms with van der Waals surface area (Å²) in [4.78, 5) is 28.1. The number of amides is 1. The van der Waals surface area contributed by atoms with Crippen LogP contribution >= 0.6 is 11.3 Å².